The molecule has 0 N–H and O–H groups in total. The highest BCUT2D eigenvalue weighted by atomic mass is 14.7. The van der Waals surface area contributed by atoms with Crippen molar-refractivity contribution in [1.82, 2.24) is 4.98 Å². The predicted octanol–water partition coefficient (Wildman–Crippen LogP) is 10.9. The molecule has 200 valence electrons. The average molecular weight is 530 g/mol. The van der Waals surface area contributed by atoms with E-state index in [-0.39, 0.29) is 5.41 Å². The van der Waals surface area contributed by atoms with Crippen LogP contribution in [0, 0.1) is 0 Å². The minimum atomic E-state index is -0.0353. The van der Waals surface area contributed by atoms with Crippen LogP contribution < -0.4 is 0 Å². The van der Waals surface area contributed by atoms with Gasteiger partial charge in [0.05, 0.1) is 5.69 Å². The summed E-state index contributed by atoms with van der Waals surface area (Å²) in [6.45, 7) is 4.64. The minimum absolute atomic E-state index is 0.0353. The van der Waals surface area contributed by atoms with E-state index in [1.165, 1.54) is 44.5 Å². The molecule has 0 amide bonds. The lowest BCUT2D eigenvalue weighted by atomic mass is 9.68. The molecular formula is C40H35N. The second-order valence-electron chi connectivity index (χ2n) is 10.7. The highest BCUT2D eigenvalue weighted by Gasteiger charge is 2.32. The maximum absolute atomic E-state index is 4.54. The van der Waals surface area contributed by atoms with Gasteiger partial charge in [-0.25, -0.2) is 0 Å². The molecule has 0 aliphatic heterocycles. The third-order valence-corrected chi connectivity index (χ3v) is 8.50. The van der Waals surface area contributed by atoms with Gasteiger partial charge >= 0.3 is 0 Å². The number of nitrogens with zero attached hydrogens (tertiary/aromatic N) is 1. The fourth-order valence-corrected chi connectivity index (χ4v) is 6.24. The molecule has 6 rings (SSSR count). The summed E-state index contributed by atoms with van der Waals surface area (Å²) in [5.74, 6) is 0. The Labute approximate surface area is 244 Å². The Morgan fingerprint density at radius 2 is 0.976 bits per heavy atom. The first-order chi connectivity index (χ1) is 20.2. The van der Waals surface area contributed by atoms with Crippen LogP contribution in [-0.4, -0.2) is 4.98 Å². The molecule has 5 aromatic carbocycles. The Bertz CT molecular complexity index is 1750. The van der Waals surface area contributed by atoms with Crippen molar-refractivity contribution in [1.29, 1.82) is 0 Å². The second kappa shape index (κ2) is 11.8. The van der Waals surface area contributed by atoms with Crippen molar-refractivity contribution in [2.24, 2.45) is 0 Å². The first-order valence-electron chi connectivity index (χ1n) is 14.6. The molecule has 1 nitrogen and oxygen atoms in total. The fourth-order valence-electron chi connectivity index (χ4n) is 6.24. The number of pyridine rings is 1. The van der Waals surface area contributed by atoms with Gasteiger partial charge in [0.15, 0.2) is 0 Å². The molecule has 0 aliphatic rings. The van der Waals surface area contributed by atoms with Crippen LogP contribution in [0.15, 0.2) is 152 Å². The van der Waals surface area contributed by atoms with Gasteiger partial charge in [-0.05, 0) is 87.7 Å². The number of rotatable bonds is 8. The molecule has 0 saturated heterocycles. The van der Waals surface area contributed by atoms with Gasteiger partial charge in [0, 0.05) is 17.2 Å². The molecule has 0 radical (unpaired) electrons. The molecule has 6 aromatic rings. The van der Waals surface area contributed by atoms with Crippen LogP contribution in [0.25, 0.3) is 44.6 Å². The SMILES string of the molecule is CCC(CC)(c1ccccc1)c1ccccc1-c1cccc(-c2cccc(-c3cccc(-c4ccccn4)c3)c2)c1. The van der Waals surface area contributed by atoms with Gasteiger partial charge in [-0.3, -0.25) is 4.98 Å². The lowest BCUT2D eigenvalue weighted by molar-refractivity contribution is 0.479. The van der Waals surface area contributed by atoms with Crippen molar-refractivity contribution >= 4 is 0 Å². The number of benzene rings is 5. The number of hydrogen-bond acceptors (Lipinski definition) is 1. The Morgan fingerprint density at radius 3 is 1.59 bits per heavy atom. The third-order valence-electron chi connectivity index (χ3n) is 8.50. The van der Waals surface area contributed by atoms with E-state index in [0.717, 1.165) is 24.1 Å². The highest BCUT2D eigenvalue weighted by molar-refractivity contribution is 5.79. The molecule has 1 heteroatoms. The van der Waals surface area contributed by atoms with Gasteiger partial charge < -0.3 is 0 Å². The molecule has 0 aliphatic carbocycles. The Morgan fingerprint density at radius 1 is 0.463 bits per heavy atom. The lowest BCUT2D eigenvalue weighted by Crippen LogP contribution is -2.26. The zero-order chi connectivity index (χ0) is 28.1. The Kier molecular flexibility index (Phi) is 7.60. The largest absolute Gasteiger partial charge is 0.256 e. The fraction of sp³-hybridized carbons (Fsp3) is 0.125. The molecule has 0 fully saturated rings. The summed E-state index contributed by atoms with van der Waals surface area (Å²) in [4.78, 5) is 4.54. The quantitative estimate of drug-likeness (QED) is 0.191. The Hall–Kier alpha value is -4.75. The smallest absolute Gasteiger partial charge is 0.0702 e. The lowest BCUT2D eigenvalue weighted by Gasteiger charge is -2.35. The van der Waals surface area contributed by atoms with E-state index in [2.05, 4.69) is 152 Å². The molecule has 0 spiro atoms. The van der Waals surface area contributed by atoms with E-state index in [0.29, 0.717) is 0 Å². The maximum atomic E-state index is 4.54. The second-order valence-corrected chi connectivity index (χ2v) is 10.7. The van der Waals surface area contributed by atoms with E-state index < -0.39 is 0 Å². The van der Waals surface area contributed by atoms with Crippen LogP contribution in [0.1, 0.15) is 37.8 Å². The van der Waals surface area contributed by atoms with Crippen LogP contribution in [-0.2, 0) is 5.41 Å². The van der Waals surface area contributed by atoms with E-state index in [4.69, 9.17) is 0 Å². The molecule has 0 saturated carbocycles. The van der Waals surface area contributed by atoms with Crippen LogP contribution in [0.4, 0.5) is 0 Å². The zero-order valence-corrected chi connectivity index (χ0v) is 23.8. The van der Waals surface area contributed by atoms with Crippen LogP contribution >= 0.6 is 0 Å². The van der Waals surface area contributed by atoms with E-state index in [9.17, 15) is 0 Å². The first-order valence-corrected chi connectivity index (χ1v) is 14.6. The normalized spacial score (nSPS) is 11.4. The van der Waals surface area contributed by atoms with Crippen LogP contribution in [0.5, 0.6) is 0 Å². The van der Waals surface area contributed by atoms with Crippen molar-refractivity contribution < 1.29 is 0 Å². The standard InChI is InChI=1S/C40H35N/c1-3-40(4-2,36-21-6-5-7-22-36)38-24-9-8-23-37(38)34-19-13-17-32(28-34)30-15-12-16-31(27-30)33-18-14-20-35(29-33)39-25-10-11-26-41-39/h5-29H,3-4H2,1-2H3. The monoisotopic (exact) mass is 529 g/mol. The molecule has 1 aromatic heterocycles. The van der Waals surface area contributed by atoms with E-state index in [1.807, 2.05) is 18.3 Å². The van der Waals surface area contributed by atoms with Crippen LogP contribution in [0.2, 0.25) is 0 Å². The van der Waals surface area contributed by atoms with Gasteiger partial charge in [-0.2, -0.15) is 0 Å². The molecule has 41 heavy (non-hydrogen) atoms. The van der Waals surface area contributed by atoms with Crippen molar-refractivity contribution in [3.63, 3.8) is 0 Å². The van der Waals surface area contributed by atoms with Crippen molar-refractivity contribution in [3.8, 4) is 44.6 Å². The summed E-state index contributed by atoms with van der Waals surface area (Å²) in [7, 11) is 0. The summed E-state index contributed by atoms with van der Waals surface area (Å²) in [6, 6.07) is 52.6. The van der Waals surface area contributed by atoms with Gasteiger partial charge in [0.25, 0.3) is 0 Å². The van der Waals surface area contributed by atoms with Crippen molar-refractivity contribution in [2.75, 3.05) is 0 Å². The first kappa shape index (κ1) is 26.5. The van der Waals surface area contributed by atoms with E-state index in [1.54, 1.807) is 0 Å². The van der Waals surface area contributed by atoms with Crippen molar-refractivity contribution in [3.05, 3.63) is 163 Å². The van der Waals surface area contributed by atoms with Crippen LogP contribution in [0.3, 0.4) is 0 Å². The maximum Gasteiger partial charge on any atom is 0.0702 e. The topological polar surface area (TPSA) is 12.9 Å². The highest BCUT2D eigenvalue weighted by Crippen LogP contribution is 2.44. The molecule has 1 heterocycles. The van der Waals surface area contributed by atoms with Gasteiger partial charge in [0.1, 0.15) is 0 Å². The summed E-state index contributed by atoms with van der Waals surface area (Å²) in [6.07, 6.45) is 3.94. The van der Waals surface area contributed by atoms with Gasteiger partial charge in [-0.1, -0.05) is 129 Å². The molecule has 0 atom stereocenters. The predicted molar refractivity (Wildman–Crippen MR) is 174 cm³/mol. The van der Waals surface area contributed by atoms with E-state index >= 15 is 0 Å². The number of aromatic nitrogens is 1. The van der Waals surface area contributed by atoms with Crippen molar-refractivity contribution in [2.45, 2.75) is 32.1 Å². The van der Waals surface area contributed by atoms with Gasteiger partial charge in [0.2, 0.25) is 0 Å². The summed E-state index contributed by atoms with van der Waals surface area (Å²) < 4.78 is 0. The average Bonchev–Trinajstić information content (AvgIpc) is 3.07. The number of hydrogen-bond donors (Lipinski definition) is 0. The third kappa shape index (κ3) is 5.24. The minimum Gasteiger partial charge on any atom is -0.256 e. The molecular weight excluding hydrogens is 494 g/mol. The Balaban J connectivity index is 1.40. The molecule has 0 unspecified atom stereocenters. The van der Waals surface area contributed by atoms with Gasteiger partial charge in [-0.15, -0.1) is 0 Å². The summed E-state index contributed by atoms with van der Waals surface area (Å²) in [5, 5.41) is 0. The summed E-state index contributed by atoms with van der Waals surface area (Å²) >= 11 is 0. The summed E-state index contributed by atoms with van der Waals surface area (Å²) in [5.41, 5.74) is 12.2. The zero-order valence-electron chi connectivity index (χ0n) is 23.8. The molecule has 0 bridgehead atoms.